The van der Waals surface area contributed by atoms with Crippen LogP contribution in [-0.4, -0.2) is 4.98 Å². The van der Waals surface area contributed by atoms with Crippen LogP contribution in [0.5, 0.6) is 0 Å². The van der Waals surface area contributed by atoms with E-state index in [1.807, 2.05) is 54.6 Å². The molecule has 0 aliphatic carbocycles. The van der Waals surface area contributed by atoms with E-state index in [0.29, 0.717) is 11.3 Å². The summed E-state index contributed by atoms with van der Waals surface area (Å²) < 4.78 is 0. The minimum Gasteiger partial charge on any atom is -0.256 e. The molecule has 76 valence electrons. The van der Waals surface area contributed by atoms with Crippen LogP contribution in [0.4, 0.5) is 0 Å². The van der Waals surface area contributed by atoms with Gasteiger partial charge in [-0.3, -0.25) is 4.98 Å². The van der Waals surface area contributed by atoms with E-state index in [9.17, 15) is 0 Å². The van der Waals surface area contributed by atoms with Crippen molar-refractivity contribution in [3.8, 4) is 6.07 Å². The summed E-state index contributed by atoms with van der Waals surface area (Å²) in [5.74, 6) is 0. The predicted octanol–water partition coefficient (Wildman–Crippen LogP) is 3.15. The highest BCUT2D eigenvalue weighted by atomic mass is 14.7. The monoisotopic (exact) mass is 206 g/mol. The van der Waals surface area contributed by atoms with Gasteiger partial charge in [0.2, 0.25) is 0 Å². The molecule has 1 aromatic heterocycles. The number of hydrogen-bond donors (Lipinski definition) is 0. The van der Waals surface area contributed by atoms with Crippen LogP contribution in [0.1, 0.15) is 11.3 Å². The van der Waals surface area contributed by atoms with Gasteiger partial charge in [-0.25, -0.2) is 0 Å². The Morgan fingerprint density at radius 1 is 1.06 bits per heavy atom. The van der Waals surface area contributed by atoms with Crippen LogP contribution < -0.4 is 0 Å². The van der Waals surface area contributed by atoms with Crippen LogP contribution in [0.15, 0.2) is 54.7 Å². The normalized spacial score (nSPS) is 10.8. The first kappa shape index (κ1) is 10.1. The van der Waals surface area contributed by atoms with Crippen LogP contribution in [0.25, 0.3) is 11.6 Å². The van der Waals surface area contributed by atoms with E-state index in [1.54, 1.807) is 6.20 Å². The van der Waals surface area contributed by atoms with Crippen molar-refractivity contribution in [2.75, 3.05) is 0 Å². The first-order chi connectivity index (χ1) is 7.90. The largest absolute Gasteiger partial charge is 0.256 e. The molecular weight excluding hydrogens is 196 g/mol. The van der Waals surface area contributed by atoms with Crippen LogP contribution in [0, 0.1) is 11.3 Å². The molecule has 0 saturated carbocycles. The van der Waals surface area contributed by atoms with Gasteiger partial charge in [-0.05, 0) is 23.8 Å². The van der Waals surface area contributed by atoms with Gasteiger partial charge in [0.1, 0.15) is 6.07 Å². The lowest BCUT2D eigenvalue weighted by atomic mass is 10.1. The summed E-state index contributed by atoms with van der Waals surface area (Å²) in [6.07, 6.45) is 3.52. The van der Waals surface area contributed by atoms with Crippen molar-refractivity contribution in [1.82, 2.24) is 4.98 Å². The molecule has 0 fully saturated rings. The number of pyridine rings is 1. The average molecular weight is 206 g/mol. The van der Waals surface area contributed by atoms with Crippen LogP contribution in [-0.2, 0) is 0 Å². The molecule has 2 rings (SSSR count). The lowest BCUT2D eigenvalue weighted by Crippen LogP contribution is -1.85. The van der Waals surface area contributed by atoms with Crippen molar-refractivity contribution >= 4 is 11.6 Å². The fourth-order valence-electron chi connectivity index (χ4n) is 1.40. The van der Waals surface area contributed by atoms with Crippen LogP contribution in [0.3, 0.4) is 0 Å². The number of allylic oxidation sites excluding steroid dienone is 1. The lowest BCUT2D eigenvalue weighted by molar-refractivity contribution is 1.28. The standard InChI is InChI=1S/C14H10N2/c15-11-13(14-8-4-5-9-16-14)10-12-6-2-1-3-7-12/h1-10H/b13-10+. The van der Waals surface area contributed by atoms with Gasteiger partial charge < -0.3 is 0 Å². The molecule has 0 unspecified atom stereocenters. The minimum atomic E-state index is 0.576. The van der Waals surface area contributed by atoms with E-state index >= 15 is 0 Å². The maximum absolute atomic E-state index is 9.08. The Morgan fingerprint density at radius 3 is 2.44 bits per heavy atom. The van der Waals surface area contributed by atoms with Gasteiger partial charge in [0, 0.05) is 6.20 Å². The van der Waals surface area contributed by atoms with E-state index in [4.69, 9.17) is 5.26 Å². The van der Waals surface area contributed by atoms with Crippen molar-refractivity contribution in [2.24, 2.45) is 0 Å². The molecule has 0 aliphatic rings. The van der Waals surface area contributed by atoms with Gasteiger partial charge in [0.15, 0.2) is 0 Å². The highest BCUT2D eigenvalue weighted by Gasteiger charge is 2.00. The number of hydrogen-bond acceptors (Lipinski definition) is 2. The second-order valence-corrected chi connectivity index (χ2v) is 3.30. The molecule has 0 spiro atoms. The summed E-state index contributed by atoms with van der Waals surface area (Å²) >= 11 is 0. The first-order valence-electron chi connectivity index (χ1n) is 4.98. The topological polar surface area (TPSA) is 36.7 Å². The van der Waals surface area contributed by atoms with E-state index < -0.39 is 0 Å². The van der Waals surface area contributed by atoms with Crippen molar-refractivity contribution in [1.29, 1.82) is 5.26 Å². The second kappa shape index (κ2) is 4.90. The van der Waals surface area contributed by atoms with Crippen molar-refractivity contribution in [3.63, 3.8) is 0 Å². The Balaban J connectivity index is 2.39. The summed E-state index contributed by atoms with van der Waals surface area (Å²) in [5.41, 5.74) is 2.28. The zero-order chi connectivity index (χ0) is 11.2. The molecule has 2 heteroatoms. The molecule has 0 N–H and O–H groups in total. The van der Waals surface area contributed by atoms with Gasteiger partial charge in [-0.2, -0.15) is 5.26 Å². The number of rotatable bonds is 2. The molecular formula is C14H10N2. The minimum absolute atomic E-state index is 0.576. The molecule has 0 amide bonds. The van der Waals surface area contributed by atoms with E-state index in [1.165, 1.54) is 0 Å². The Morgan fingerprint density at radius 2 is 1.81 bits per heavy atom. The number of nitriles is 1. The predicted molar refractivity (Wildman–Crippen MR) is 64.2 cm³/mol. The van der Waals surface area contributed by atoms with E-state index in [2.05, 4.69) is 11.1 Å². The Labute approximate surface area is 94.5 Å². The summed E-state index contributed by atoms with van der Waals surface area (Å²) in [6, 6.07) is 17.5. The SMILES string of the molecule is N#C/C(=C\c1ccccc1)c1ccccn1. The highest BCUT2D eigenvalue weighted by Crippen LogP contribution is 2.14. The first-order valence-corrected chi connectivity index (χ1v) is 4.98. The number of nitrogens with zero attached hydrogens (tertiary/aromatic N) is 2. The zero-order valence-electron chi connectivity index (χ0n) is 8.67. The highest BCUT2D eigenvalue weighted by molar-refractivity contribution is 5.88. The third-order valence-corrected chi connectivity index (χ3v) is 2.17. The van der Waals surface area contributed by atoms with Gasteiger partial charge in [0.05, 0.1) is 11.3 Å². The molecule has 2 nitrogen and oxygen atoms in total. The van der Waals surface area contributed by atoms with Crippen molar-refractivity contribution < 1.29 is 0 Å². The summed E-state index contributed by atoms with van der Waals surface area (Å²) in [4.78, 5) is 4.16. The molecule has 0 saturated heterocycles. The molecule has 1 heterocycles. The third kappa shape index (κ3) is 2.34. The average Bonchev–Trinajstić information content (AvgIpc) is 2.38. The maximum atomic E-state index is 9.08. The molecule has 0 bridgehead atoms. The molecule has 2 aromatic rings. The Kier molecular flexibility index (Phi) is 3.10. The fourth-order valence-corrected chi connectivity index (χ4v) is 1.40. The summed E-state index contributed by atoms with van der Waals surface area (Å²) in [7, 11) is 0. The Hall–Kier alpha value is -2.40. The van der Waals surface area contributed by atoms with Gasteiger partial charge in [-0.1, -0.05) is 36.4 Å². The number of aromatic nitrogens is 1. The molecule has 1 aromatic carbocycles. The smallest absolute Gasteiger partial charge is 0.101 e. The summed E-state index contributed by atoms with van der Waals surface area (Å²) in [6.45, 7) is 0. The van der Waals surface area contributed by atoms with Crippen LogP contribution >= 0.6 is 0 Å². The van der Waals surface area contributed by atoms with Crippen molar-refractivity contribution in [2.45, 2.75) is 0 Å². The van der Waals surface area contributed by atoms with Gasteiger partial charge in [0.25, 0.3) is 0 Å². The van der Waals surface area contributed by atoms with E-state index in [-0.39, 0.29) is 0 Å². The third-order valence-electron chi connectivity index (χ3n) is 2.17. The molecule has 0 atom stereocenters. The molecule has 0 aliphatic heterocycles. The van der Waals surface area contributed by atoms with Gasteiger partial charge >= 0.3 is 0 Å². The van der Waals surface area contributed by atoms with Gasteiger partial charge in [-0.15, -0.1) is 0 Å². The Bertz CT molecular complexity index is 522. The van der Waals surface area contributed by atoms with Crippen LogP contribution in [0.2, 0.25) is 0 Å². The molecule has 16 heavy (non-hydrogen) atoms. The zero-order valence-corrected chi connectivity index (χ0v) is 8.67. The lowest BCUT2D eigenvalue weighted by Gasteiger charge is -1.97. The quantitative estimate of drug-likeness (QED) is 0.708. The van der Waals surface area contributed by atoms with Crippen molar-refractivity contribution in [3.05, 3.63) is 66.0 Å². The van der Waals surface area contributed by atoms with E-state index in [0.717, 1.165) is 5.56 Å². The second-order valence-electron chi connectivity index (χ2n) is 3.30. The maximum Gasteiger partial charge on any atom is 0.101 e. The molecule has 0 radical (unpaired) electrons. The fraction of sp³-hybridized carbons (Fsp3) is 0. The summed E-state index contributed by atoms with van der Waals surface area (Å²) in [5, 5.41) is 9.08. The number of benzene rings is 1.